The molecule has 6 heteroatoms. The van der Waals surface area contributed by atoms with Crippen LogP contribution in [0.5, 0.6) is 0 Å². The van der Waals surface area contributed by atoms with Crippen LogP contribution in [0.4, 0.5) is 0 Å². The highest BCUT2D eigenvalue weighted by Crippen LogP contribution is 2.10. The minimum atomic E-state index is 0.301. The second kappa shape index (κ2) is 14.2. The van der Waals surface area contributed by atoms with E-state index < -0.39 is 0 Å². The maximum atomic E-state index is 5.78. The summed E-state index contributed by atoms with van der Waals surface area (Å²) in [5.41, 5.74) is 0. The fourth-order valence-corrected chi connectivity index (χ4v) is 3.52. The van der Waals surface area contributed by atoms with Gasteiger partial charge in [-0.1, -0.05) is 12.8 Å². The smallest absolute Gasteiger partial charge is 0.191 e. The van der Waals surface area contributed by atoms with E-state index >= 15 is 0 Å². The van der Waals surface area contributed by atoms with Gasteiger partial charge < -0.3 is 25.0 Å². The first-order valence-electron chi connectivity index (χ1n) is 10.8. The van der Waals surface area contributed by atoms with Crippen LogP contribution in [0.2, 0.25) is 0 Å². The molecular formula is C20H40N4O2. The third-order valence-corrected chi connectivity index (χ3v) is 5.05. The number of nitrogens with zero attached hydrogens (tertiary/aromatic N) is 2. The molecule has 0 amide bonds. The van der Waals surface area contributed by atoms with Gasteiger partial charge >= 0.3 is 0 Å². The number of ether oxygens (including phenoxy) is 2. The molecule has 0 radical (unpaired) electrons. The SMILES string of the molecule is CCNC(=NCCCOC1CCOC1)NCCCCCN1CCCCC1. The summed E-state index contributed by atoms with van der Waals surface area (Å²) in [6.07, 6.45) is 10.3. The highest BCUT2D eigenvalue weighted by Gasteiger charge is 2.15. The van der Waals surface area contributed by atoms with Crippen LogP contribution in [0.15, 0.2) is 4.99 Å². The summed E-state index contributed by atoms with van der Waals surface area (Å²) >= 11 is 0. The van der Waals surface area contributed by atoms with E-state index in [-0.39, 0.29) is 0 Å². The molecule has 2 N–H and O–H groups in total. The van der Waals surface area contributed by atoms with Gasteiger partial charge in [-0.2, -0.15) is 0 Å². The predicted molar refractivity (Wildman–Crippen MR) is 108 cm³/mol. The Kier molecular flexibility index (Phi) is 11.7. The molecule has 6 nitrogen and oxygen atoms in total. The van der Waals surface area contributed by atoms with Gasteiger partial charge in [0, 0.05) is 32.8 Å². The van der Waals surface area contributed by atoms with Crippen molar-refractivity contribution in [3.63, 3.8) is 0 Å². The highest BCUT2D eigenvalue weighted by molar-refractivity contribution is 5.79. The van der Waals surface area contributed by atoms with Gasteiger partial charge in [0.05, 0.1) is 12.7 Å². The van der Waals surface area contributed by atoms with Crippen LogP contribution in [-0.2, 0) is 9.47 Å². The zero-order valence-electron chi connectivity index (χ0n) is 16.8. The first-order chi connectivity index (χ1) is 12.9. The van der Waals surface area contributed by atoms with Crippen molar-refractivity contribution in [1.82, 2.24) is 15.5 Å². The molecule has 26 heavy (non-hydrogen) atoms. The lowest BCUT2D eigenvalue weighted by atomic mass is 10.1. The van der Waals surface area contributed by atoms with E-state index in [9.17, 15) is 0 Å². The van der Waals surface area contributed by atoms with Crippen LogP contribution in [0.25, 0.3) is 0 Å². The Morgan fingerprint density at radius 3 is 2.77 bits per heavy atom. The lowest BCUT2D eigenvalue weighted by molar-refractivity contribution is 0.0424. The van der Waals surface area contributed by atoms with Gasteiger partial charge in [-0.3, -0.25) is 4.99 Å². The molecule has 2 rings (SSSR count). The van der Waals surface area contributed by atoms with E-state index in [1.807, 2.05) is 0 Å². The fraction of sp³-hybridized carbons (Fsp3) is 0.950. The molecule has 1 atom stereocenters. The average Bonchev–Trinajstić information content (AvgIpc) is 3.18. The van der Waals surface area contributed by atoms with Crippen molar-refractivity contribution in [2.24, 2.45) is 4.99 Å². The van der Waals surface area contributed by atoms with E-state index in [2.05, 4.69) is 27.4 Å². The Balaban J connectivity index is 1.46. The number of hydrogen-bond donors (Lipinski definition) is 2. The molecule has 152 valence electrons. The molecule has 2 aliphatic heterocycles. The first-order valence-corrected chi connectivity index (χ1v) is 10.8. The first kappa shape index (κ1) is 21.5. The second-order valence-electron chi connectivity index (χ2n) is 7.36. The summed E-state index contributed by atoms with van der Waals surface area (Å²) in [6.45, 7) is 11.1. The topological polar surface area (TPSA) is 58.1 Å². The Morgan fingerprint density at radius 1 is 1.12 bits per heavy atom. The van der Waals surface area contributed by atoms with Crippen molar-refractivity contribution in [1.29, 1.82) is 0 Å². The lowest BCUT2D eigenvalue weighted by Gasteiger charge is -2.26. The lowest BCUT2D eigenvalue weighted by Crippen LogP contribution is -2.38. The molecule has 2 saturated heterocycles. The van der Waals surface area contributed by atoms with Gasteiger partial charge in [-0.15, -0.1) is 0 Å². The molecule has 0 spiro atoms. The Hall–Kier alpha value is -0.850. The monoisotopic (exact) mass is 368 g/mol. The normalized spacial score (nSPS) is 21.9. The summed E-state index contributed by atoms with van der Waals surface area (Å²) < 4.78 is 11.1. The summed E-state index contributed by atoms with van der Waals surface area (Å²) in [7, 11) is 0. The summed E-state index contributed by atoms with van der Waals surface area (Å²) in [6, 6.07) is 0. The van der Waals surface area contributed by atoms with Gasteiger partial charge in [-0.25, -0.2) is 0 Å². The van der Waals surface area contributed by atoms with Gasteiger partial charge in [0.1, 0.15) is 0 Å². The average molecular weight is 369 g/mol. The van der Waals surface area contributed by atoms with Gasteiger partial charge in [-0.05, 0) is 65.1 Å². The molecule has 0 aliphatic carbocycles. The van der Waals surface area contributed by atoms with Crippen molar-refractivity contribution in [2.75, 3.05) is 59.1 Å². The summed E-state index contributed by atoms with van der Waals surface area (Å²) in [5, 5.41) is 6.78. The van der Waals surface area contributed by atoms with E-state index in [4.69, 9.17) is 9.47 Å². The van der Waals surface area contributed by atoms with Crippen LogP contribution in [0, 0.1) is 0 Å². The van der Waals surface area contributed by atoms with Crippen molar-refractivity contribution < 1.29 is 9.47 Å². The Labute approximate surface area is 160 Å². The van der Waals surface area contributed by atoms with Crippen molar-refractivity contribution in [2.45, 2.75) is 64.4 Å². The molecule has 0 aromatic heterocycles. The third kappa shape index (κ3) is 9.74. The second-order valence-corrected chi connectivity index (χ2v) is 7.36. The van der Waals surface area contributed by atoms with Crippen molar-refractivity contribution in [3.8, 4) is 0 Å². The van der Waals surface area contributed by atoms with Crippen LogP contribution in [0.1, 0.15) is 58.3 Å². The number of unbranched alkanes of at least 4 members (excludes halogenated alkanes) is 2. The molecule has 0 bridgehead atoms. The highest BCUT2D eigenvalue weighted by atomic mass is 16.5. The minimum absolute atomic E-state index is 0.301. The molecule has 2 fully saturated rings. The van der Waals surface area contributed by atoms with Crippen LogP contribution in [0.3, 0.4) is 0 Å². The Morgan fingerprint density at radius 2 is 2.00 bits per heavy atom. The van der Waals surface area contributed by atoms with E-state index in [1.165, 1.54) is 58.2 Å². The van der Waals surface area contributed by atoms with Crippen LogP contribution >= 0.6 is 0 Å². The number of piperidine rings is 1. The third-order valence-electron chi connectivity index (χ3n) is 5.05. The molecule has 0 aromatic carbocycles. The zero-order valence-corrected chi connectivity index (χ0v) is 16.8. The number of aliphatic imine (C=N–C) groups is 1. The molecule has 1 unspecified atom stereocenters. The largest absolute Gasteiger partial charge is 0.379 e. The Bertz CT molecular complexity index is 367. The van der Waals surface area contributed by atoms with Crippen LogP contribution < -0.4 is 10.6 Å². The van der Waals surface area contributed by atoms with Gasteiger partial charge in [0.2, 0.25) is 0 Å². The predicted octanol–water partition coefficient (Wildman–Crippen LogP) is 2.39. The van der Waals surface area contributed by atoms with Crippen molar-refractivity contribution >= 4 is 5.96 Å². The number of hydrogen-bond acceptors (Lipinski definition) is 4. The molecule has 0 saturated carbocycles. The van der Waals surface area contributed by atoms with Crippen LogP contribution in [-0.4, -0.2) is 76.1 Å². The van der Waals surface area contributed by atoms with E-state index in [0.29, 0.717) is 6.10 Å². The minimum Gasteiger partial charge on any atom is -0.379 e. The zero-order chi connectivity index (χ0) is 18.3. The summed E-state index contributed by atoms with van der Waals surface area (Å²) in [5.74, 6) is 0.938. The van der Waals surface area contributed by atoms with Crippen molar-refractivity contribution in [3.05, 3.63) is 0 Å². The molecular weight excluding hydrogens is 328 g/mol. The molecule has 2 heterocycles. The number of likely N-dealkylation sites (tertiary alicyclic amines) is 1. The van der Waals surface area contributed by atoms with E-state index in [1.54, 1.807) is 0 Å². The van der Waals surface area contributed by atoms with Gasteiger partial charge in [0.15, 0.2) is 5.96 Å². The number of guanidine groups is 1. The number of nitrogens with one attached hydrogen (secondary N) is 2. The summed E-state index contributed by atoms with van der Waals surface area (Å²) in [4.78, 5) is 7.27. The quantitative estimate of drug-likeness (QED) is 0.315. The maximum Gasteiger partial charge on any atom is 0.191 e. The molecule has 2 aliphatic rings. The number of rotatable bonds is 12. The standard InChI is InChI=1S/C20H40N4O2/c1-2-21-20(23-12-9-16-26-19-10-17-25-18-19)22-11-5-3-6-13-24-14-7-4-8-15-24/h19H,2-18H2,1H3,(H2,21,22,23). The fourth-order valence-electron chi connectivity index (χ4n) is 3.52. The molecule has 0 aromatic rings. The maximum absolute atomic E-state index is 5.78. The van der Waals surface area contributed by atoms with E-state index in [0.717, 1.165) is 58.3 Å². The van der Waals surface area contributed by atoms with Gasteiger partial charge in [0.25, 0.3) is 0 Å².